The SMILES string of the molecule is CC(=O)[O-].[O]=[Ru-2](=[O])([Cl])[Cl].c1ccc([P+](c2ccccc2)(c2ccccc2)c2ccccc2)cc1.c1ccc([P+](c2ccccc2)(c2ccccc2)c2ccccc2)cc1.c1ccc([P+](c2ccccc2)(c2ccccc2)c2ccccc2)cc1. The minimum atomic E-state index is -4.42. The summed E-state index contributed by atoms with van der Waals surface area (Å²) in [5.74, 6) is -1.08. The van der Waals surface area contributed by atoms with Crippen LogP contribution in [-0.2, 0) is 24.6 Å². The summed E-state index contributed by atoms with van der Waals surface area (Å²) in [4.78, 5) is 8.89. The zero-order valence-electron chi connectivity index (χ0n) is 46.2. The zero-order chi connectivity index (χ0) is 58.9. The predicted molar refractivity (Wildman–Crippen MR) is 357 cm³/mol. The molecule has 0 spiro atoms. The molecule has 0 bridgehead atoms. The summed E-state index contributed by atoms with van der Waals surface area (Å²) >= 11 is -4.42. The van der Waals surface area contributed by atoms with Gasteiger partial charge >= 0.3 is 39.2 Å². The van der Waals surface area contributed by atoms with Crippen LogP contribution in [0.2, 0.25) is 0 Å². The van der Waals surface area contributed by atoms with E-state index in [0.29, 0.717) is 0 Å². The summed E-state index contributed by atoms with van der Waals surface area (Å²) in [7, 11) is 2.99. The molecule has 420 valence electrons. The number of hydrogen-bond acceptors (Lipinski definition) is 4. The molecule has 0 saturated carbocycles. The number of benzene rings is 12. The molecule has 12 rings (SSSR count). The minimum Gasteiger partial charge on any atom is -0.0620 e. The van der Waals surface area contributed by atoms with Gasteiger partial charge in [-0.05, 0) is 153 Å². The van der Waals surface area contributed by atoms with Gasteiger partial charge in [-0.3, -0.25) is 0 Å². The van der Waals surface area contributed by atoms with Gasteiger partial charge in [0.05, 0.1) is 0 Å². The van der Waals surface area contributed by atoms with E-state index < -0.39 is 40.5 Å². The van der Waals surface area contributed by atoms with E-state index in [4.69, 9.17) is 9.90 Å². The first-order valence-electron chi connectivity index (χ1n) is 27.1. The van der Waals surface area contributed by atoms with Crippen molar-refractivity contribution in [3.63, 3.8) is 0 Å². The quantitative estimate of drug-likeness (QED) is 0.0902. The maximum absolute atomic E-state index is 9.25. The zero-order valence-corrected chi connectivity index (χ0v) is 52.2. The molecule has 0 fully saturated rings. The standard InChI is InChI=1S/3C24H20P.C2H4O2.2ClH.2O.Ru/c3*1-5-13-21(14-6-1)25(22-15-7-2-8-16-22,23-17-9-3-10-18-23)24-19-11-4-12-20-24;1-2(3)4;;;;;/h3*1-20H;1H3,(H,3,4);2*1H;;;/q3*+1;;;;;;/p-3. The molecule has 0 amide bonds. The molecule has 12 aromatic carbocycles. The molecular weight excluding hydrogens is 1220 g/mol. The third-order valence-electron chi connectivity index (χ3n) is 13.7. The summed E-state index contributed by atoms with van der Waals surface area (Å²) in [5.41, 5.74) is 0. The maximum atomic E-state index is 9.25. The van der Waals surface area contributed by atoms with E-state index in [0.717, 1.165) is 6.92 Å². The molecule has 12 aromatic rings. The van der Waals surface area contributed by atoms with E-state index in [2.05, 4.69) is 383 Å². The Kier molecular flexibility index (Phi) is 23.1. The van der Waals surface area contributed by atoms with Crippen molar-refractivity contribution < 1.29 is 29.7 Å². The number of carboxylic acid groups (broad SMARTS) is 1. The van der Waals surface area contributed by atoms with Gasteiger partial charge in [-0.1, -0.05) is 218 Å². The number of hydrogen-bond donors (Lipinski definition) is 0. The van der Waals surface area contributed by atoms with Crippen LogP contribution < -0.4 is 68.8 Å². The van der Waals surface area contributed by atoms with Gasteiger partial charge in [0, 0.05) is 5.97 Å². The molecule has 84 heavy (non-hydrogen) atoms. The van der Waals surface area contributed by atoms with E-state index in [1.165, 1.54) is 63.7 Å². The summed E-state index contributed by atoms with van der Waals surface area (Å²) in [6, 6.07) is 131. The summed E-state index contributed by atoms with van der Waals surface area (Å²) in [6.45, 7) is 0.972. The van der Waals surface area contributed by atoms with Crippen LogP contribution in [0.4, 0.5) is 0 Å². The smallest absolute Gasteiger partial charge is 0.0620 e. The Morgan fingerprint density at radius 3 is 0.357 bits per heavy atom. The van der Waals surface area contributed by atoms with Gasteiger partial charge in [0.2, 0.25) is 0 Å². The van der Waals surface area contributed by atoms with Gasteiger partial charge in [0.15, 0.2) is 0 Å². The van der Waals surface area contributed by atoms with E-state index in [1.54, 1.807) is 0 Å². The number of carbonyl (C=O) groups is 1. The third-order valence-corrected chi connectivity index (χ3v) is 26.6. The first-order valence-corrected chi connectivity index (χ1v) is 38.3. The van der Waals surface area contributed by atoms with Crippen LogP contribution >= 0.6 is 41.2 Å². The Morgan fingerprint density at radius 2 is 0.298 bits per heavy atom. The molecule has 0 aromatic heterocycles. The Labute approximate surface area is 507 Å². The second-order valence-electron chi connectivity index (χ2n) is 18.9. The Hall–Kier alpha value is -7.80. The second kappa shape index (κ2) is 31.2. The molecule has 0 aliphatic carbocycles. The van der Waals surface area contributed by atoms with E-state index in [-0.39, 0.29) is 0 Å². The third kappa shape index (κ3) is 15.5. The second-order valence-corrected chi connectivity index (χ2v) is 35.7. The van der Waals surface area contributed by atoms with Crippen molar-refractivity contribution in [3.8, 4) is 0 Å². The average molecular weight is 1280 g/mol. The normalized spacial score (nSPS) is 11.2. The van der Waals surface area contributed by atoms with Crippen LogP contribution in [-0.4, -0.2) is 5.97 Å². The predicted octanol–water partition coefficient (Wildman–Crippen LogP) is 12.8. The summed E-state index contributed by atoms with van der Waals surface area (Å²) in [6.07, 6.45) is 0. The first-order chi connectivity index (χ1) is 41.0. The minimum absolute atomic E-state index is 0.972. The van der Waals surface area contributed by atoms with Crippen molar-refractivity contribution in [2.24, 2.45) is 0 Å². The van der Waals surface area contributed by atoms with Gasteiger partial charge in [-0.15, -0.1) is 0 Å². The van der Waals surface area contributed by atoms with Gasteiger partial charge in [-0.2, -0.15) is 0 Å². The molecule has 10 heteroatoms. The van der Waals surface area contributed by atoms with E-state index in [1.807, 2.05) is 0 Å². The van der Waals surface area contributed by atoms with Crippen molar-refractivity contribution in [1.29, 1.82) is 0 Å². The largest absolute Gasteiger partial charge is 0.144 e. The Balaban J connectivity index is 0.000000153. The molecule has 4 nitrogen and oxygen atoms in total. The van der Waals surface area contributed by atoms with Crippen molar-refractivity contribution in [2.75, 3.05) is 0 Å². The summed E-state index contributed by atoms with van der Waals surface area (Å²) in [5, 5.41) is 25.5. The Bertz CT molecular complexity index is 3040. The van der Waals surface area contributed by atoms with E-state index in [9.17, 15) is 7.15 Å². The molecule has 0 aliphatic heterocycles. The number of carboxylic acids is 1. The van der Waals surface area contributed by atoms with Crippen molar-refractivity contribution in [2.45, 2.75) is 6.92 Å². The van der Waals surface area contributed by atoms with Gasteiger partial charge < -0.3 is 9.90 Å². The van der Waals surface area contributed by atoms with Crippen LogP contribution in [0.3, 0.4) is 0 Å². The van der Waals surface area contributed by atoms with Crippen LogP contribution in [0.1, 0.15) is 6.92 Å². The first kappa shape index (κ1) is 62.3. The van der Waals surface area contributed by atoms with Crippen LogP contribution in [0.15, 0.2) is 364 Å². The molecule has 0 heterocycles. The molecule has 0 unspecified atom stereocenters. The van der Waals surface area contributed by atoms with Gasteiger partial charge in [-0.25, -0.2) is 0 Å². The van der Waals surface area contributed by atoms with Crippen LogP contribution in [0, 0.1) is 0 Å². The van der Waals surface area contributed by atoms with Gasteiger partial charge in [0.25, 0.3) is 0 Å². The fourth-order valence-corrected chi connectivity index (χ4v) is 23.3. The van der Waals surface area contributed by atoms with Crippen molar-refractivity contribution in [3.05, 3.63) is 364 Å². The fraction of sp³-hybridized carbons (Fsp3) is 0.0135. The maximum Gasteiger partial charge on any atom is 0.144 e. The molecule has 0 radical (unpaired) electrons. The number of aliphatic carboxylic acids is 1. The monoisotopic (exact) mass is 1280 g/mol. The molecule has 0 atom stereocenters. The number of carbonyl (C=O) groups excluding carboxylic acids is 1. The fourth-order valence-electron chi connectivity index (χ4n) is 10.5. The average Bonchev–Trinajstić information content (AvgIpc) is 2.14. The van der Waals surface area contributed by atoms with Crippen molar-refractivity contribution in [1.82, 2.24) is 0 Å². The van der Waals surface area contributed by atoms with Crippen LogP contribution in [0.5, 0.6) is 0 Å². The van der Waals surface area contributed by atoms with Crippen LogP contribution in [0.25, 0.3) is 0 Å². The van der Waals surface area contributed by atoms with Crippen molar-refractivity contribution >= 4 is 111 Å². The van der Waals surface area contributed by atoms with E-state index >= 15 is 0 Å². The molecular formula is C74H63Cl2O4P3Ru. The number of halogens is 2. The number of rotatable bonds is 12. The molecule has 0 aliphatic rings. The Morgan fingerprint density at radius 1 is 0.238 bits per heavy atom. The topological polar surface area (TPSA) is 74.3 Å². The molecule has 0 N–H and O–H groups in total. The van der Waals surface area contributed by atoms with Gasteiger partial charge in [0.1, 0.15) is 85.4 Å². The molecule has 0 saturated heterocycles. The summed E-state index contributed by atoms with van der Waals surface area (Å²) < 4.78 is 18.5.